The van der Waals surface area contributed by atoms with Gasteiger partial charge in [0.2, 0.25) is 5.89 Å². The zero-order chi connectivity index (χ0) is 21.3. The number of rotatable bonds is 5. The average molecular weight is 410 g/mol. The molecule has 3 heteroatoms. The van der Waals surface area contributed by atoms with Crippen molar-refractivity contribution in [1.29, 1.82) is 0 Å². The predicted molar refractivity (Wildman–Crippen MR) is 124 cm³/mol. The van der Waals surface area contributed by atoms with E-state index in [1.807, 2.05) is 54.6 Å². The second-order valence-electron chi connectivity index (χ2n) is 8.36. The third kappa shape index (κ3) is 3.49. The van der Waals surface area contributed by atoms with Crippen LogP contribution in [0.4, 0.5) is 0 Å². The number of aryl methyl sites for hydroxylation is 1. The summed E-state index contributed by atoms with van der Waals surface area (Å²) in [5, 5.41) is 12.0. The summed E-state index contributed by atoms with van der Waals surface area (Å²) in [4.78, 5) is 4.99. The normalized spacial score (nSPS) is 19.0. The zero-order valence-corrected chi connectivity index (χ0v) is 17.8. The Kier molecular flexibility index (Phi) is 5.21. The summed E-state index contributed by atoms with van der Waals surface area (Å²) in [6, 6.07) is 28.5. The molecule has 0 radical (unpaired) electrons. The van der Waals surface area contributed by atoms with Gasteiger partial charge in [-0.2, -0.15) is 0 Å². The Bertz CT molecular complexity index is 1110. The van der Waals surface area contributed by atoms with Crippen LogP contribution >= 0.6 is 0 Å². The summed E-state index contributed by atoms with van der Waals surface area (Å²) < 4.78 is 6.47. The lowest BCUT2D eigenvalue weighted by molar-refractivity contribution is -0.0184. The van der Waals surface area contributed by atoms with Crippen LogP contribution in [-0.2, 0) is 12.0 Å². The van der Waals surface area contributed by atoms with E-state index in [9.17, 15) is 5.11 Å². The van der Waals surface area contributed by atoms with Crippen LogP contribution in [-0.4, -0.2) is 10.1 Å². The van der Waals surface area contributed by atoms with Gasteiger partial charge in [0.25, 0.3) is 0 Å². The molecule has 3 aromatic carbocycles. The maximum atomic E-state index is 12.0. The van der Waals surface area contributed by atoms with E-state index < -0.39 is 5.60 Å². The van der Waals surface area contributed by atoms with Gasteiger partial charge in [0.05, 0.1) is 5.92 Å². The molecule has 0 aliphatic heterocycles. The summed E-state index contributed by atoms with van der Waals surface area (Å²) >= 11 is 0. The third-order valence-corrected chi connectivity index (χ3v) is 6.50. The first kappa shape index (κ1) is 19.8. The van der Waals surface area contributed by atoms with Gasteiger partial charge in [0, 0.05) is 11.1 Å². The maximum Gasteiger partial charge on any atom is 0.201 e. The highest BCUT2D eigenvalue weighted by atomic mass is 16.4. The van der Waals surface area contributed by atoms with Gasteiger partial charge in [0.15, 0.2) is 5.76 Å². The summed E-state index contributed by atoms with van der Waals surface area (Å²) in [5.74, 6) is 1.15. The van der Waals surface area contributed by atoms with Crippen LogP contribution in [0.25, 0.3) is 22.6 Å². The molecule has 0 saturated heterocycles. The van der Waals surface area contributed by atoms with E-state index in [1.165, 1.54) is 5.56 Å². The van der Waals surface area contributed by atoms with Gasteiger partial charge in [-0.1, -0.05) is 91.9 Å². The molecular weight excluding hydrogens is 382 g/mol. The molecule has 4 aromatic rings. The number of aromatic nitrogens is 1. The second kappa shape index (κ2) is 8.16. The van der Waals surface area contributed by atoms with E-state index in [-0.39, 0.29) is 5.92 Å². The van der Waals surface area contributed by atoms with Gasteiger partial charge in [0.1, 0.15) is 11.3 Å². The van der Waals surface area contributed by atoms with Crippen molar-refractivity contribution in [1.82, 2.24) is 4.98 Å². The number of aliphatic hydroxyl groups is 1. The van der Waals surface area contributed by atoms with E-state index in [1.54, 1.807) is 0 Å². The van der Waals surface area contributed by atoms with E-state index in [4.69, 9.17) is 9.40 Å². The number of hydrogen-bond acceptors (Lipinski definition) is 3. The molecule has 0 unspecified atom stereocenters. The SMILES string of the molecule is CC[C@H](c1nc(-c2ccccc2)c(-c2ccccc2)o1)[C@]1(O)CCCc2ccccc21. The molecule has 0 bridgehead atoms. The first-order valence-corrected chi connectivity index (χ1v) is 11.1. The molecule has 1 N–H and O–H groups in total. The molecule has 0 saturated carbocycles. The van der Waals surface area contributed by atoms with Crippen LogP contribution < -0.4 is 0 Å². The Hall–Kier alpha value is -3.17. The molecule has 156 valence electrons. The third-order valence-electron chi connectivity index (χ3n) is 6.50. The predicted octanol–water partition coefficient (Wildman–Crippen LogP) is 6.73. The van der Waals surface area contributed by atoms with Crippen molar-refractivity contribution in [2.24, 2.45) is 0 Å². The first-order valence-electron chi connectivity index (χ1n) is 11.1. The van der Waals surface area contributed by atoms with Gasteiger partial charge in [-0.15, -0.1) is 0 Å². The van der Waals surface area contributed by atoms with Crippen LogP contribution in [0.3, 0.4) is 0 Å². The quantitative estimate of drug-likeness (QED) is 0.398. The minimum absolute atomic E-state index is 0.214. The fourth-order valence-corrected chi connectivity index (χ4v) is 4.98. The molecular formula is C28H27NO2. The van der Waals surface area contributed by atoms with Gasteiger partial charge in [-0.05, 0) is 36.8 Å². The molecule has 3 nitrogen and oxygen atoms in total. The van der Waals surface area contributed by atoms with Gasteiger partial charge in [-0.3, -0.25) is 0 Å². The molecule has 1 heterocycles. The number of fused-ring (bicyclic) bond motifs is 1. The molecule has 5 rings (SSSR count). The Balaban J connectivity index is 1.66. The van der Waals surface area contributed by atoms with Crippen molar-refractivity contribution in [3.8, 4) is 22.6 Å². The highest BCUT2D eigenvalue weighted by molar-refractivity contribution is 5.76. The first-order chi connectivity index (χ1) is 15.2. The van der Waals surface area contributed by atoms with E-state index in [2.05, 4.69) is 37.3 Å². The molecule has 0 amide bonds. The van der Waals surface area contributed by atoms with Crippen LogP contribution in [0.5, 0.6) is 0 Å². The molecule has 31 heavy (non-hydrogen) atoms. The fraction of sp³-hybridized carbons (Fsp3) is 0.250. The highest BCUT2D eigenvalue weighted by Crippen LogP contribution is 2.48. The number of oxazole rings is 1. The summed E-state index contributed by atoms with van der Waals surface area (Å²) in [5.41, 5.74) is 4.11. The molecule has 2 atom stereocenters. The van der Waals surface area contributed by atoms with Crippen molar-refractivity contribution in [2.75, 3.05) is 0 Å². The minimum Gasteiger partial charge on any atom is -0.440 e. The monoisotopic (exact) mass is 409 g/mol. The van der Waals surface area contributed by atoms with Gasteiger partial charge in [-0.25, -0.2) is 4.98 Å². The van der Waals surface area contributed by atoms with Crippen molar-refractivity contribution in [3.05, 3.63) is 102 Å². The van der Waals surface area contributed by atoms with Crippen LogP contribution in [0.1, 0.15) is 49.1 Å². The maximum absolute atomic E-state index is 12.0. The Morgan fingerprint density at radius 1 is 0.903 bits per heavy atom. The number of nitrogens with zero attached hydrogens (tertiary/aromatic N) is 1. The molecule has 1 aliphatic rings. The van der Waals surface area contributed by atoms with Gasteiger partial charge >= 0.3 is 0 Å². The summed E-state index contributed by atoms with van der Waals surface area (Å²) in [6.45, 7) is 2.11. The number of hydrogen-bond donors (Lipinski definition) is 1. The average Bonchev–Trinajstić information content (AvgIpc) is 3.26. The van der Waals surface area contributed by atoms with Gasteiger partial charge < -0.3 is 9.52 Å². The zero-order valence-electron chi connectivity index (χ0n) is 17.8. The van der Waals surface area contributed by atoms with Crippen LogP contribution in [0.15, 0.2) is 89.3 Å². The Labute approximate surface area is 183 Å². The van der Waals surface area contributed by atoms with Crippen molar-refractivity contribution < 1.29 is 9.52 Å². The lowest BCUT2D eigenvalue weighted by Gasteiger charge is -2.39. The van der Waals surface area contributed by atoms with Crippen molar-refractivity contribution in [2.45, 2.75) is 44.1 Å². The highest BCUT2D eigenvalue weighted by Gasteiger charge is 2.44. The molecule has 0 fully saturated rings. The molecule has 0 spiro atoms. The van der Waals surface area contributed by atoms with Crippen LogP contribution in [0.2, 0.25) is 0 Å². The van der Waals surface area contributed by atoms with Crippen molar-refractivity contribution >= 4 is 0 Å². The van der Waals surface area contributed by atoms with E-state index in [0.717, 1.165) is 47.4 Å². The lowest BCUT2D eigenvalue weighted by atomic mass is 9.71. The fourth-order valence-electron chi connectivity index (χ4n) is 4.98. The Morgan fingerprint density at radius 3 is 2.26 bits per heavy atom. The second-order valence-corrected chi connectivity index (χ2v) is 8.36. The largest absolute Gasteiger partial charge is 0.440 e. The minimum atomic E-state index is -0.976. The van der Waals surface area contributed by atoms with Crippen molar-refractivity contribution in [3.63, 3.8) is 0 Å². The Morgan fingerprint density at radius 2 is 1.55 bits per heavy atom. The molecule has 1 aliphatic carbocycles. The van der Waals surface area contributed by atoms with E-state index >= 15 is 0 Å². The lowest BCUT2D eigenvalue weighted by Crippen LogP contribution is -2.37. The summed E-state index contributed by atoms with van der Waals surface area (Å²) in [6.07, 6.45) is 3.42. The molecule has 1 aromatic heterocycles. The van der Waals surface area contributed by atoms with Crippen LogP contribution in [0, 0.1) is 0 Å². The standard InChI is InChI=1S/C28H27NO2/c1-2-23(28(30)19-11-17-20-12-9-10-18-24(20)28)27-29-25(21-13-5-3-6-14-21)26(31-27)22-15-7-4-8-16-22/h3-10,12-16,18,23,30H,2,11,17,19H2,1H3/t23-,28-/m1/s1. The smallest absolute Gasteiger partial charge is 0.201 e. The van der Waals surface area contributed by atoms with E-state index in [0.29, 0.717) is 12.3 Å². The number of benzene rings is 3. The topological polar surface area (TPSA) is 46.3 Å². The summed E-state index contributed by atoms with van der Waals surface area (Å²) in [7, 11) is 0.